The quantitative estimate of drug-likeness (QED) is 0.314. The zero-order valence-corrected chi connectivity index (χ0v) is 21.4. The average Bonchev–Trinajstić information content (AvgIpc) is 3.58. The van der Waals surface area contributed by atoms with Crippen molar-refractivity contribution in [3.63, 3.8) is 0 Å². The SMILES string of the molecule is O=C(C1CCCN(S(=O)(=O)c2cccs2)C1)N(Cc1ccco1)c1nc2ccc(Br)cc2s1. The largest absolute Gasteiger partial charge is 0.467 e. The smallest absolute Gasteiger partial charge is 0.252 e. The minimum absolute atomic E-state index is 0.143. The summed E-state index contributed by atoms with van der Waals surface area (Å²) >= 11 is 6.11. The third-order valence-electron chi connectivity index (χ3n) is 5.55. The fourth-order valence-electron chi connectivity index (χ4n) is 3.92. The monoisotopic (exact) mass is 565 g/mol. The van der Waals surface area contributed by atoms with E-state index in [1.807, 2.05) is 24.3 Å². The Hall–Kier alpha value is -2.05. The summed E-state index contributed by atoms with van der Waals surface area (Å²) in [7, 11) is -3.61. The maximum Gasteiger partial charge on any atom is 0.252 e. The van der Waals surface area contributed by atoms with Crippen molar-refractivity contribution >= 4 is 69.9 Å². The molecule has 0 spiro atoms. The molecule has 7 nitrogen and oxygen atoms in total. The third-order valence-corrected chi connectivity index (χ3v) is 10.3. The van der Waals surface area contributed by atoms with Crippen LogP contribution in [0, 0.1) is 5.92 Å². The lowest BCUT2D eigenvalue weighted by Gasteiger charge is -2.33. The Balaban J connectivity index is 1.45. The summed E-state index contributed by atoms with van der Waals surface area (Å²) in [5.74, 6) is 0.0421. The second kappa shape index (κ2) is 9.30. The number of hydrogen-bond donors (Lipinski definition) is 0. The number of hydrogen-bond acceptors (Lipinski definition) is 7. The first-order chi connectivity index (χ1) is 15.9. The van der Waals surface area contributed by atoms with E-state index in [9.17, 15) is 13.2 Å². The summed E-state index contributed by atoms with van der Waals surface area (Å²) in [6.07, 6.45) is 2.83. The van der Waals surface area contributed by atoms with Crippen molar-refractivity contribution in [3.8, 4) is 0 Å². The number of sulfonamides is 1. The number of piperidine rings is 1. The fraction of sp³-hybridized carbons (Fsp3) is 0.273. The Kier molecular flexibility index (Phi) is 6.41. The Morgan fingerprint density at radius 1 is 1.27 bits per heavy atom. The number of thiophene rings is 1. The predicted molar refractivity (Wildman–Crippen MR) is 133 cm³/mol. The first-order valence-corrected chi connectivity index (χ1v) is 14.3. The van der Waals surface area contributed by atoms with E-state index in [0.29, 0.717) is 34.5 Å². The molecule has 172 valence electrons. The number of halogens is 1. The van der Waals surface area contributed by atoms with Gasteiger partial charge in [-0.25, -0.2) is 13.4 Å². The van der Waals surface area contributed by atoms with Gasteiger partial charge in [-0.15, -0.1) is 11.3 Å². The highest BCUT2D eigenvalue weighted by Crippen LogP contribution is 2.34. The van der Waals surface area contributed by atoms with E-state index in [4.69, 9.17) is 4.42 Å². The summed E-state index contributed by atoms with van der Waals surface area (Å²) < 4.78 is 35.2. The predicted octanol–water partition coefficient (Wildman–Crippen LogP) is 5.35. The van der Waals surface area contributed by atoms with Gasteiger partial charge in [0.1, 0.15) is 9.97 Å². The molecular formula is C22H20BrN3O4S3. The summed E-state index contributed by atoms with van der Waals surface area (Å²) in [6.45, 7) is 0.808. The number of thiazole rings is 1. The van der Waals surface area contributed by atoms with E-state index >= 15 is 0 Å². The Bertz CT molecular complexity index is 1370. The molecule has 4 aromatic rings. The lowest BCUT2D eigenvalue weighted by Crippen LogP contribution is -2.46. The molecule has 4 heterocycles. The molecule has 1 unspecified atom stereocenters. The molecule has 1 aliphatic heterocycles. The number of rotatable bonds is 6. The van der Waals surface area contributed by atoms with Crippen molar-refractivity contribution in [3.05, 3.63) is 64.3 Å². The summed E-state index contributed by atoms with van der Waals surface area (Å²) in [5.41, 5.74) is 0.806. The van der Waals surface area contributed by atoms with E-state index in [1.54, 1.807) is 34.7 Å². The van der Waals surface area contributed by atoms with Crippen LogP contribution < -0.4 is 4.90 Å². The van der Waals surface area contributed by atoms with Crippen LogP contribution in [-0.4, -0.2) is 36.7 Å². The van der Waals surface area contributed by atoms with Gasteiger partial charge in [0, 0.05) is 17.6 Å². The highest BCUT2D eigenvalue weighted by atomic mass is 79.9. The zero-order valence-electron chi connectivity index (χ0n) is 17.4. The zero-order chi connectivity index (χ0) is 23.0. The highest BCUT2D eigenvalue weighted by molar-refractivity contribution is 9.10. The molecule has 3 aromatic heterocycles. The molecule has 0 radical (unpaired) electrons. The van der Waals surface area contributed by atoms with E-state index in [-0.39, 0.29) is 19.0 Å². The van der Waals surface area contributed by atoms with Gasteiger partial charge in [-0.2, -0.15) is 4.31 Å². The van der Waals surface area contributed by atoms with Crippen molar-refractivity contribution in [2.24, 2.45) is 5.92 Å². The van der Waals surface area contributed by atoms with E-state index in [0.717, 1.165) is 14.7 Å². The molecule has 0 aliphatic carbocycles. The van der Waals surface area contributed by atoms with Crippen molar-refractivity contribution in [2.75, 3.05) is 18.0 Å². The lowest BCUT2D eigenvalue weighted by atomic mass is 9.98. The molecule has 33 heavy (non-hydrogen) atoms. The molecule has 0 bridgehead atoms. The fourth-order valence-corrected chi connectivity index (χ4v) is 8.11. The van der Waals surface area contributed by atoms with Gasteiger partial charge in [0.2, 0.25) is 5.91 Å². The van der Waals surface area contributed by atoms with Crippen molar-refractivity contribution in [1.82, 2.24) is 9.29 Å². The van der Waals surface area contributed by atoms with Crippen LogP contribution in [0.15, 0.2) is 67.2 Å². The van der Waals surface area contributed by atoms with Crippen LogP contribution in [0.1, 0.15) is 18.6 Å². The second-order valence-corrected chi connectivity index (χ2v) is 12.8. The Morgan fingerprint density at radius 2 is 2.15 bits per heavy atom. The van der Waals surface area contributed by atoms with Gasteiger partial charge in [-0.3, -0.25) is 9.69 Å². The number of aromatic nitrogens is 1. The van der Waals surface area contributed by atoms with Crippen LogP contribution in [0.5, 0.6) is 0 Å². The van der Waals surface area contributed by atoms with Crippen molar-refractivity contribution in [1.29, 1.82) is 0 Å². The first kappa shape index (κ1) is 22.7. The third kappa shape index (κ3) is 4.65. The topological polar surface area (TPSA) is 83.7 Å². The number of furan rings is 1. The van der Waals surface area contributed by atoms with Crippen LogP contribution in [0.25, 0.3) is 10.2 Å². The average molecular weight is 567 g/mol. The number of nitrogens with zero attached hydrogens (tertiary/aromatic N) is 3. The molecule has 0 N–H and O–H groups in total. The second-order valence-electron chi connectivity index (χ2n) is 7.75. The number of amides is 1. The van der Waals surface area contributed by atoms with E-state index in [1.165, 1.54) is 27.0 Å². The van der Waals surface area contributed by atoms with Crippen LogP contribution >= 0.6 is 38.6 Å². The van der Waals surface area contributed by atoms with Crippen LogP contribution in [0.2, 0.25) is 0 Å². The normalized spacial score (nSPS) is 17.4. The maximum atomic E-state index is 13.8. The number of carbonyl (C=O) groups is 1. The number of fused-ring (bicyclic) bond motifs is 1. The van der Waals surface area contributed by atoms with Gasteiger partial charge in [-0.05, 0) is 54.6 Å². The van der Waals surface area contributed by atoms with Gasteiger partial charge in [0.25, 0.3) is 10.0 Å². The molecule has 5 rings (SSSR count). The van der Waals surface area contributed by atoms with Gasteiger partial charge in [0.15, 0.2) is 5.13 Å². The molecule has 1 fully saturated rings. The Labute approximate surface area is 207 Å². The van der Waals surface area contributed by atoms with E-state index in [2.05, 4.69) is 20.9 Å². The van der Waals surface area contributed by atoms with Gasteiger partial charge in [-0.1, -0.05) is 33.3 Å². The number of benzene rings is 1. The minimum atomic E-state index is -3.61. The Morgan fingerprint density at radius 3 is 2.91 bits per heavy atom. The molecule has 1 atom stereocenters. The van der Waals surface area contributed by atoms with Crippen molar-refractivity contribution in [2.45, 2.75) is 23.6 Å². The van der Waals surface area contributed by atoms with Crippen LogP contribution in [-0.2, 0) is 21.4 Å². The lowest BCUT2D eigenvalue weighted by molar-refractivity contribution is -0.123. The van der Waals surface area contributed by atoms with Crippen LogP contribution in [0.3, 0.4) is 0 Å². The molecule has 11 heteroatoms. The van der Waals surface area contributed by atoms with Gasteiger partial charge >= 0.3 is 0 Å². The molecule has 1 amide bonds. The first-order valence-electron chi connectivity index (χ1n) is 10.4. The van der Waals surface area contributed by atoms with Crippen molar-refractivity contribution < 1.29 is 17.6 Å². The maximum absolute atomic E-state index is 13.8. The minimum Gasteiger partial charge on any atom is -0.467 e. The number of anilines is 1. The van der Waals surface area contributed by atoms with E-state index < -0.39 is 15.9 Å². The molecule has 0 saturated carbocycles. The molecule has 1 saturated heterocycles. The summed E-state index contributed by atoms with van der Waals surface area (Å²) in [4.78, 5) is 20.1. The standard InChI is InChI=1S/C22H20BrN3O4S3/c23-16-7-8-18-19(12-16)32-22(24-18)26(14-17-5-2-10-30-17)21(27)15-4-1-9-25(13-15)33(28,29)20-6-3-11-31-20/h2-3,5-8,10-12,15H,1,4,9,13-14H2. The summed E-state index contributed by atoms with van der Waals surface area (Å²) in [6, 6.07) is 12.7. The highest BCUT2D eigenvalue weighted by Gasteiger charge is 2.36. The van der Waals surface area contributed by atoms with Crippen LogP contribution in [0.4, 0.5) is 5.13 Å². The number of carbonyl (C=O) groups excluding carboxylic acids is 1. The summed E-state index contributed by atoms with van der Waals surface area (Å²) in [5, 5.41) is 2.32. The molecule has 1 aliphatic rings. The molecule has 1 aromatic carbocycles. The molecular weight excluding hydrogens is 546 g/mol. The van der Waals surface area contributed by atoms with Gasteiger partial charge < -0.3 is 4.42 Å². The van der Waals surface area contributed by atoms with Gasteiger partial charge in [0.05, 0.1) is 28.9 Å².